The maximum absolute atomic E-state index is 9.90. The lowest BCUT2D eigenvalue weighted by Crippen LogP contribution is -2.18. The third-order valence-corrected chi connectivity index (χ3v) is 3.02. The predicted molar refractivity (Wildman–Crippen MR) is 62.6 cm³/mol. The summed E-state index contributed by atoms with van der Waals surface area (Å²) >= 11 is 0. The van der Waals surface area contributed by atoms with Crippen LogP contribution in [-0.2, 0) is 0 Å². The molecule has 0 radical (unpaired) electrons. The van der Waals surface area contributed by atoms with Gasteiger partial charge in [0.05, 0.1) is 12.1 Å². The third kappa shape index (κ3) is 1.81. The van der Waals surface area contributed by atoms with E-state index >= 15 is 0 Å². The molecule has 0 spiro atoms. The molecule has 1 aromatic rings. The van der Waals surface area contributed by atoms with Crippen molar-refractivity contribution in [2.45, 2.75) is 25.5 Å². The van der Waals surface area contributed by atoms with Crippen molar-refractivity contribution >= 4 is 5.57 Å². The van der Waals surface area contributed by atoms with Crippen LogP contribution in [0.3, 0.4) is 0 Å². The van der Waals surface area contributed by atoms with Gasteiger partial charge in [0.2, 0.25) is 0 Å². The molecule has 1 aliphatic rings. The molecule has 0 aromatic heterocycles. The van der Waals surface area contributed by atoms with Gasteiger partial charge in [0, 0.05) is 4.91 Å². The number of hydrogen-bond acceptors (Lipinski definition) is 2. The summed E-state index contributed by atoms with van der Waals surface area (Å²) in [6, 6.07) is 9.52. The number of aliphatic hydroxyl groups excluding tert-OH is 1. The Kier molecular flexibility index (Phi) is 2.95. The molecule has 82 valence electrons. The van der Waals surface area contributed by atoms with Crippen LogP contribution >= 0.6 is 0 Å². The molecule has 0 unspecified atom stereocenters. The Balaban J connectivity index is 2.33. The fourth-order valence-electron chi connectivity index (χ4n) is 2.10. The van der Waals surface area contributed by atoms with Crippen LogP contribution in [0.4, 0.5) is 0 Å². The lowest BCUT2D eigenvalue weighted by molar-refractivity contribution is 0.191. The van der Waals surface area contributed by atoms with Gasteiger partial charge in [-0.25, -0.2) is 0 Å². The van der Waals surface area contributed by atoms with E-state index in [1.54, 1.807) is 0 Å². The van der Waals surface area contributed by atoms with Crippen LogP contribution < -0.4 is 0 Å². The number of hydrogen-bond donors (Lipinski definition) is 1. The maximum Gasteiger partial charge on any atom is 0.0841 e. The lowest BCUT2D eigenvalue weighted by Gasteiger charge is -2.08. The van der Waals surface area contributed by atoms with Crippen molar-refractivity contribution in [3.05, 3.63) is 51.9 Å². The van der Waals surface area contributed by atoms with Gasteiger partial charge in [0.15, 0.2) is 0 Å². The second-order valence-electron chi connectivity index (χ2n) is 3.95. The average Bonchev–Trinajstić information content (AvgIpc) is 2.59. The first-order chi connectivity index (χ1) is 7.74. The zero-order valence-corrected chi connectivity index (χ0v) is 9.04. The van der Waals surface area contributed by atoms with Crippen molar-refractivity contribution < 1.29 is 5.11 Å². The summed E-state index contributed by atoms with van der Waals surface area (Å²) in [5, 5.41) is 13.5. The lowest BCUT2D eigenvalue weighted by atomic mass is 10.0. The molecule has 2 atom stereocenters. The molecule has 4 heteroatoms. The van der Waals surface area contributed by atoms with Crippen molar-refractivity contribution in [2.24, 2.45) is 5.11 Å². The monoisotopic (exact) mass is 215 g/mol. The zero-order chi connectivity index (χ0) is 11.5. The number of azide groups is 1. The van der Waals surface area contributed by atoms with Gasteiger partial charge in [-0.1, -0.05) is 35.4 Å². The summed E-state index contributed by atoms with van der Waals surface area (Å²) in [6.45, 7) is 1.89. The summed E-state index contributed by atoms with van der Waals surface area (Å²) in [5.74, 6) is 0. The molecule has 0 saturated carbocycles. The first kappa shape index (κ1) is 10.7. The molecule has 0 fully saturated rings. The van der Waals surface area contributed by atoms with Gasteiger partial charge in [-0.05, 0) is 35.6 Å². The number of aliphatic hydroxyl groups is 1. The standard InChI is InChI=1S/C12H13N3O/c1-8-10(9-5-3-2-4-6-9)7-11(12(8)16)14-15-13/h2-6,11-12,16H,7H2,1H3/t11-,12-/m1/s1. The van der Waals surface area contributed by atoms with Gasteiger partial charge in [0.25, 0.3) is 0 Å². The van der Waals surface area contributed by atoms with Gasteiger partial charge < -0.3 is 5.11 Å². The summed E-state index contributed by atoms with van der Waals surface area (Å²) in [5.41, 5.74) is 11.5. The number of nitrogens with zero attached hydrogens (tertiary/aromatic N) is 3. The quantitative estimate of drug-likeness (QED) is 0.460. The molecule has 0 bridgehead atoms. The number of rotatable bonds is 2. The Labute approximate surface area is 93.9 Å². The normalized spacial score (nSPS) is 24.4. The second kappa shape index (κ2) is 4.39. The van der Waals surface area contributed by atoms with Crippen molar-refractivity contribution in [3.8, 4) is 0 Å². The smallest absolute Gasteiger partial charge is 0.0841 e. The zero-order valence-electron chi connectivity index (χ0n) is 9.04. The molecule has 16 heavy (non-hydrogen) atoms. The van der Waals surface area contributed by atoms with E-state index in [2.05, 4.69) is 10.0 Å². The van der Waals surface area contributed by atoms with Crippen LogP contribution in [0.5, 0.6) is 0 Å². The van der Waals surface area contributed by atoms with E-state index in [0.29, 0.717) is 6.42 Å². The van der Waals surface area contributed by atoms with Crippen molar-refractivity contribution in [2.75, 3.05) is 0 Å². The molecule has 1 N–H and O–H groups in total. The molecule has 1 aromatic carbocycles. The summed E-state index contributed by atoms with van der Waals surface area (Å²) in [7, 11) is 0. The highest BCUT2D eigenvalue weighted by atomic mass is 16.3. The molecule has 0 heterocycles. The molecule has 0 saturated heterocycles. The fraction of sp³-hybridized carbons (Fsp3) is 0.333. The van der Waals surface area contributed by atoms with Gasteiger partial charge in [-0.15, -0.1) is 0 Å². The van der Waals surface area contributed by atoms with Gasteiger partial charge >= 0.3 is 0 Å². The predicted octanol–water partition coefficient (Wildman–Crippen LogP) is 2.90. The first-order valence-corrected chi connectivity index (χ1v) is 5.21. The Bertz CT molecular complexity index is 460. The first-order valence-electron chi connectivity index (χ1n) is 5.21. The molecular formula is C12H13N3O. The van der Waals surface area contributed by atoms with Gasteiger partial charge in [0.1, 0.15) is 0 Å². The molecular weight excluding hydrogens is 202 g/mol. The molecule has 0 aliphatic heterocycles. The van der Waals surface area contributed by atoms with Crippen molar-refractivity contribution in [1.29, 1.82) is 0 Å². The van der Waals surface area contributed by atoms with E-state index in [1.165, 1.54) is 0 Å². The van der Waals surface area contributed by atoms with Gasteiger partial charge in [-0.2, -0.15) is 0 Å². The van der Waals surface area contributed by atoms with Crippen LogP contribution in [0.25, 0.3) is 16.0 Å². The highest BCUT2D eigenvalue weighted by Crippen LogP contribution is 2.35. The highest BCUT2D eigenvalue weighted by Gasteiger charge is 2.30. The Morgan fingerprint density at radius 1 is 1.38 bits per heavy atom. The average molecular weight is 215 g/mol. The molecule has 1 aliphatic carbocycles. The summed E-state index contributed by atoms with van der Waals surface area (Å²) in [6.07, 6.45) is -0.0349. The Morgan fingerprint density at radius 2 is 2.06 bits per heavy atom. The van der Waals surface area contributed by atoms with Crippen LogP contribution in [0.15, 0.2) is 41.0 Å². The van der Waals surface area contributed by atoms with E-state index in [9.17, 15) is 5.11 Å². The van der Waals surface area contributed by atoms with E-state index in [1.807, 2.05) is 37.3 Å². The van der Waals surface area contributed by atoms with E-state index in [4.69, 9.17) is 5.53 Å². The minimum Gasteiger partial charge on any atom is -0.388 e. The Hall–Kier alpha value is -1.77. The SMILES string of the molecule is CC1=C(c2ccccc2)C[C@@H](N=[N+]=[N-])[C@@H]1O. The molecule has 0 amide bonds. The van der Waals surface area contributed by atoms with Crippen molar-refractivity contribution in [3.63, 3.8) is 0 Å². The highest BCUT2D eigenvalue weighted by molar-refractivity contribution is 5.72. The number of benzene rings is 1. The van der Waals surface area contributed by atoms with E-state index < -0.39 is 6.10 Å². The van der Waals surface area contributed by atoms with E-state index in [-0.39, 0.29) is 6.04 Å². The summed E-state index contributed by atoms with van der Waals surface area (Å²) < 4.78 is 0. The topological polar surface area (TPSA) is 69.0 Å². The minimum absolute atomic E-state index is 0.361. The van der Waals surface area contributed by atoms with Crippen LogP contribution in [0.2, 0.25) is 0 Å². The van der Waals surface area contributed by atoms with Crippen LogP contribution in [0.1, 0.15) is 18.9 Å². The van der Waals surface area contributed by atoms with Crippen LogP contribution in [0, 0.1) is 0 Å². The molecule has 4 nitrogen and oxygen atoms in total. The minimum atomic E-state index is -0.647. The largest absolute Gasteiger partial charge is 0.388 e. The fourth-order valence-corrected chi connectivity index (χ4v) is 2.10. The molecule has 2 rings (SSSR count). The van der Waals surface area contributed by atoms with Crippen LogP contribution in [-0.4, -0.2) is 17.3 Å². The maximum atomic E-state index is 9.90. The van der Waals surface area contributed by atoms with Crippen molar-refractivity contribution in [1.82, 2.24) is 0 Å². The third-order valence-electron chi connectivity index (χ3n) is 3.02. The van der Waals surface area contributed by atoms with E-state index in [0.717, 1.165) is 16.7 Å². The second-order valence-corrected chi connectivity index (χ2v) is 3.95. The summed E-state index contributed by atoms with van der Waals surface area (Å²) in [4.78, 5) is 2.77. The Morgan fingerprint density at radius 3 is 2.69 bits per heavy atom. The van der Waals surface area contributed by atoms with Gasteiger partial charge in [-0.3, -0.25) is 0 Å².